The first kappa shape index (κ1) is 14.2. The van der Waals surface area contributed by atoms with Gasteiger partial charge in [-0.3, -0.25) is 5.73 Å². The molecule has 0 spiro atoms. The summed E-state index contributed by atoms with van der Waals surface area (Å²) in [6.45, 7) is 0. The molecule has 0 radical (unpaired) electrons. The fourth-order valence-electron chi connectivity index (χ4n) is 1.83. The van der Waals surface area contributed by atoms with Crippen molar-refractivity contribution in [1.82, 2.24) is 5.32 Å². The van der Waals surface area contributed by atoms with Gasteiger partial charge in [-0.2, -0.15) is 0 Å². The molecule has 1 atom stereocenters. The standard InChI is InChI=1S/C12H13F3N4O/c13-12(14,15)20-9-4-2-1-3-8(9)7-11(17)18-6-5-10(16)19-11/h1-6,18H,7,17H2,(H2,16,19). The molecule has 1 heterocycles. The van der Waals surface area contributed by atoms with Crippen LogP contribution in [0.4, 0.5) is 13.2 Å². The minimum absolute atomic E-state index is 0.00963. The van der Waals surface area contributed by atoms with Gasteiger partial charge < -0.3 is 15.8 Å². The molecule has 0 amide bonds. The maximum Gasteiger partial charge on any atom is 0.573 e. The number of rotatable bonds is 3. The quantitative estimate of drug-likeness (QED) is 0.779. The van der Waals surface area contributed by atoms with Crippen molar-refractivity contribution >= 4 is 5.84 Å². The Kier molecular flexibility index (Phi) is 3.58. The van der Waals surface area contributed by atoms with Gasteiger partial charge in [-0.25, -0.2) is 4.99 Å². The maximum absolute atomic E-state index is 12.3. The van der Waals surface area contributed by atoms with E-state index in [9.17, 15) is 13.2 Å². The number of hydrogen-bond donors (Lipinski definition) is 3. The van der Waals surface area contributed by atoms with Gasteiger partial charge >= 0.3 is 6.36 Å². The van der Waals surface area contributed by atoms with Gasteiger partial charge in [0.2, 0.25) is 0 Å². The third-order valence-corrected chi connectivity index (χ3v) is 2.57. The summed E-state index contributed by atoms with van der Waals surface area (Å²) in [6.07, 6.45) is -1.77. The third kappa shape index (κ3) is 3.64. The van der Waals surface area contributed by atoms with E-state index in [0.717, 1.165) is 0 Å². The van der Waals surface area contributed by atoms with Crippen LogP contribution in [0.3, 0.4) is 0 Å². The molecule has 0 fully saturated rings. The Morgan fingerprint density at radius 3 is 2.65 bits per heavy atom. The lowest BCUT2D eigenvalue weighted by atomic mass is 10.1. The van der Waals surface area contributed by atoms with E-state index in [4.69, 9.17) is 11.5 Å². The molecule has 5 nitrogen and oxygen atoms in total. The number of ether oxygens (including phenoxy) is 1. The zero-order chi connectivity index (χ0) is 14.8. The number of nitrogens with two attached hydrogens (primary N) is 2. The SMILES string of the molecule is NC1=NC(N)(Cc2ccccc2OC(F)(F)F)NC=C1. The van der Waals surface area contributed by atoms with Crippen molar-refractivity contribution < 1.29 is 17.9 Å². The van der Waals surface area contributed by atoms with Crippen LogP contribution in [0.2, 0.25) is 0 Å². The molecule has 2 rings (SSSR count). The van der Waals surface area contributed by atoms with Gasteiger partial charge in [0.25, 0.3) is 0 Å². The Morgan fingerprint density at radius 2 is 2.00 bits per heavy atom. The van der Waals surface area contributed by atoms with E-state index in [0.29, 0.717) is 0 Å². The van der Waals surface area contributed by atoms with Crippen molar-refractivity contribution in [2.75, 3.05) is 0 Å². The second kappa shape index (κ2) is 5.04. The zero-order valence-corrected chi connectivity index (χ0v) is 10.3. The van der Waals surface area contributed by atoms with E-state index in [1.54, 1.807) is 6.07 Å². The van der Waals surface area contributed by atoms with Crippen LogP contribution in [-0.4, -0.2) is 18.0 Å². The zero-order valence-electron chi connectivity index (χ0n) is 10.3. The fourth-order valence-corrected chi connectivity index (χ4v) is 1.83. The highest BCUT2D eigenvalue weighted by Crippen LogP contribution is 2.28. The average molecular weight is 286 g/mol. The summed E-state index contributed by atoms with van der Waals surface area (Å²) in [5.74, 6) is -1.42. The molecule has 1 aromatic carbocycles. The number of alkyl halides is 3. The average Bonchev–Trinajstić information content (AvgIpc) is 2.29. The van der Waals surface area contributed by atoms with E-state index in [-0.39, 0.29) is 23.6 Å². The first-order valence-corrected chi connectivity index (χ1v) is 5.69. The Bertz CT molecular complexity index is 556. The fraction of sp³-hybridized carbons (Fsp3) is 0.250. The highest BCUT2D eigenvalue weighted by Gasteiger charge is 2.33. The van der Waals surface area contributed by atoms with Crippen molar-refractivity contribution in [2.24, 2.45) is 16.5 Å². The van der Waals surface area contributed by atoms with Crippen LogP contribution in [0.1, 0.15) is 5.56 Å². The van der Waals surface area contributed by atoms with E-state index in [2.05, 4.69) is 15.0 Å². The molecule has 0 aliphatic carbocycles. The Balaban J connectivity index is 2.24. The molecule has 1 unspecified atom stereocenters. The second-order valence-corrected chi connectivity index (χ2v) is 4.27. The lowest BCUT2D eigenvalue weighted by Gasteiger charge is -2.29. The molecular weight excluding hydrogens is 273 g/mol. The van der Waals surface area contributed by atoms with Crippen molar-refractivity contribution in [1.29, 1.82) is 0 Å². The van der Waals surface area contributed by atoms with Crippen LogP contribution in [0.15, 0.2) is 41.5 Å². The molecule has 5 N–H and O–H groups in total. The summed E-state index contributed by atoms with van der Waals surface area (Å²) in [4.78, 5) is 3.98. The van der Waals surface area contributed by atoms with Gasteiger partial charge in [-0.1, -0.05) is 18.2 Å². The van der Waals surface area contributed by atoms with E-state index >= 15 is 0 Å². The summed E-state index contributed by atoms with van der Waals surface area (Å²) in [5, 5.41) is 2.76. The minimum Gasteiger partial charge on any atom is -0.405 e. The van der Waals surface area contributed by atoms with E-state index in [1.807, 2.05) is 0 Å². The monoisotopic (exact) mass is 286 g/mol. The molecule has 1 aromatic rings. The van der Waals surface area contributed by atoms with E-state index in [1.165, 1.54) is 30.5 Å². The first-order chi connectivity index (χ1) is 9.27. The number of aliphatic imine (C=N–C) groups is 1. The smallest absolute Gasteiger partial charge is 0.405 e. The van der Waals surface area contributed by atoms with Gasteiger partial charge in [0, 0.05) is 18.2 Å². The van der Waals surface area contributed by atoms with Gasteiger partial charge in [0.15, 0.2) is 5.79 Å². The molecule has 108 valence electrons. The van der Waals surface area contributed by atoms with Crippen LogP contribution < -0.4 is 21.5 Å². The predicted molar refractivity (Wildman–Crippen MR) is 67.6 cm³/mol. The number of amidine groups is 1. The number of nitrogens with one attached hydrogen (secondary N) is 1. The minimum atomic E-state index is -4.76. The summed E-state index contributed by atoms with van der Waals surface area (Å²) in [6, 6.07) is 5.74. The predicted octanol–water partition coefficient (Wildman–Crippen LogP) is 1.21. The molecular formula is C12H13F3N4O. The Labute approximate surface area is 113 Å². The van der Waals surface area contributed by atoms with Crippen molar-refractivity contribution in [2.45, 2.75) is 18.6 Å². The number of halogens is 3. The Morgan fingerprint density at radius 1 is 1.30 bits per heavy atom. The van der Waals surface area contributed by atoms with Crippen molar-refractivity contribution in [3.63, 3.8) is 0 Å². The van der Waals surface area contributed by atoms with Crippen LogP contribution in [0.25, 0.3) is 0 Å². The summed E-state index contributed by atoms with van der Waals surface area (Å²) < 4.78 is 41.0. The van der Waals surface area contributed by atoms with Crippen LogP contribution in [0, 0.1) is 0 Å². The van der Waals surface area contributed by atoms with Gasteiger partial charge in [-0.05, 0) is 12.1 Å². The third-order valence-electron chi connectivity index (χ3n) is 2.57. The molecule has 0 aromatic heterocycles. The second-order valence-electron chi connectivity index (χ2n) is 4.27. The highest BCUT2D eigenvalue weighted by molar-refractivity contribution is 5.92. The number of benzene rings is 1. The first-order valence-electron chi connectivity index (χ1n) is 5.69. The van der Waals surface area contributed by atoms with Crippen molar-refractivity contribution in [3.8, 4) is 5.75 Å². The lowest BCUT2D eigenvalue weighted by Crippen LogP contribution is -2.54. The lowest BCUT2D eigenvalue weighted by molar-refractivity contribution is -0.274. The molecule has 8 heteroatoms. The summed E-state index contributed by atoms with van der Waals surface area (Å²) >= 11 is 0. The van der Waals surface area contributed by atoms with E-state index < -0.39 is 12.1 Å². The highest BCUT2D eigenvalue weighted by atomic mass is 19.4. The van der Waals surface area contributed by atoms with Crippen LogP contribution in [0.5, 0.6) is 5.75 Å². The van der Waals surface area contributed by atoms with Gasteiger partial charge in [0.05, 0.1) is 0 Å². The largest absolute Gasteiger partial charge is 0.573 e. The summed E-state index contributed by atoms with van der Waals surface area (Å²) in [7, 11) is 0. The summed E-state index contributed by atoms with van der Waals surface area (Å²) in [5.41, 5.74) is 11.8. The molecule has 1 aliphatic rings. The number of hydrogen-bond acceptors (Lipinski definition) is 5. The maximum atomic E-state index is 12.3. The number of nitrogens with zero attached hydrogens (tertiary/aromatic N) is 1. The normalized spacial score (nSPS) is 22.1. The van der Waals surface area contributed by atoms with Crippen LogP contribution in [-0.2, 0) is 6.42 Å². The number of para-hydroxylation sites is 1. The molecule has 20 heavy (non-hydrogen) atoms. The van der Waals surface area contributed by atoms with Gasteiger partial charge in [-0.15, -0.1) is 13.2 Å². The Hall–Kier alpha value is -2.22. The topological polar surface area (TPSA) is 85.7 Å². The molecule has 0 saturated carbocycles. The molecule has 0 bridgehead atoms. The van der Waals surface area contributed by atoms with Crippen molar-refractivity contribution in [3.05, 3.63) is 42.1 Å². The van der Waals surface area contributed by atoms with Gasteiger partial charge in [0.1, 0.15) is 11.6 Å². The molecule has 0 saturated heterocycles. The van der Waals surface area contributed by atoms with Crippen LogP contribution >= 0.6 is 0 Å². The molecule has 1 aliphatic heterocycles.